The van der Waals surface area contributed by atoms with E-state index < -0.39 is 0 Å². The normalized spacial score (nSPS) is 14.0. The van der Waals surface area contributed by atoms with Gasteiger partial charge in [0.15, 0.2) is 0 Å². The zero-order valence-electron chi connectivity index (χ0n) is 9.30. The second-order valence-electron chi connectivity index (χ2n) is 4.25. The third-order valence-corrected chi connectivity index (χ3v) is 3.35. The maximum atomic E-state index is 3.30. The molecule has 2 heteroatoms. The van der Waals surface area contributed by atoms with Gasteiger partial charge in [-0.3, -0.25) is 0 Å². The maximum Gasteiger partial charge on any atom is 0.00919 e. The quantitative estimate of drug-likeness (QED) is 0.650. The first kappa shape index (κ1) is 11.4. The average Bonchev–Trinajstić information content (AvgIpc) is 2.72. The Morgan fingerprint density at radius 2 is 2.13 bits per heavy atom. The van der Waals surface area contributed by atoms with Gasteiger partial charge in [-0.25, -0.2) is 0 Å². The minimum absolute atomic E-state index is 0. The molecule has 0 saturated heterocycles. The van der Waals surface area contributed by atoms with E-state index >= 15 is 0 Å². The number of hydrogen-bond donors (Lipinski definition) is 0. The fraction of sp³-hybridized carbons (Fsp3) is 0.385. The van der Waals surface area contributed by atoms with Crippen LogP contribution in [0.15, 0.2) is 12.1 Å². The van der Waals surface area contributed by atoms with Crippen molar-refractivity contribution in [1.82, 2.24) is 4.57 Å². The summed E-state index contributed by atoms with van der Waals surface area (Å²) in [5, 5.41) is 1.42. The Kier molecular flexibility index (Phi) is 3.05. The Balaban J connectivity index is 0.000000853. The summed E-state index contributed by atoms with van der Waals surface area (Å²) in [6, 6.07) is 7.71. The molecule has 75 valence electrons. The van der Waals surface area contributed by atoms with Crippen LogP contribution in [0.4, 0.5) is 0 Å². The van der Waals surface area contributed by atoms with Gasteiger partial charge in [0, 0.05) is 45.5 Å². The second-order valence-corrected chi connectivity index (χ2v) is 4.25. The predicted octanol–water partition coefficient (Wildman–Crippen LogP) is 2.77. The van der Waals surface area contributed by atoms with Crippen LogP contribution in [0.1, 0.15) is 23.2 Å². The first-order valence-corrected chi connectivity index (χ1v) is 5.26. The molecule has 0 atom stereocenters. The summed E-state index contributed by atoms with van der Waals surface area (Å²) >= 11 is 0. The molecule has 1 nitrogen and oxygen atoms in total. The molecule has 1 aromatic heterocycles. The van der Waals surface area contributed by atoms with E-state index in [1.54, 1.807) is 11.3 Å². The molecule has 1 radical (unpaired) electrons. The van der Waals surface area contributed by atoms with Gasteiger partial charge in [0.25, 0.3) is 0 Å². The second kappa shape index (κ2) is 4.03. The van der Waals surface area contributed by atoms with Crippen LogP contribution in [0.5, 0.6) is 0 Å². The maximum absolute atomic E-state index is 3.30. The molecule has 0 aliphatic heterocycles. The molecule has 1 aliphatic rings. The molecule has 3 rings (SSSR count). The van der Waals surface area contributed by atoms with Gasteiger partial charge in [0.1, 0.15) is 0 Å². The van der Waals surface area contributed by atoms with E-state index in [4.69, 9.17) is 0 Å². The third kappa shape index (κ3) is 1.61. The number of hydrogen-bond acceptors (Lipinski definition) is 0. The molecule has 1 aromatic carbocycles. The molecule has 0 N–H and O–H groups in total. The molecule has 1 aliphatic carbocycles. The van der Waals surface area contributed by atoms with E-state index in [2.05, 4.69) is 36.7 Å². The van der Waals surface area contributed by atoms with Crippen molar-refractivity contribution in [1.29, 1.82) is 0 Å². The molecule has 0 bridgehead atoms. The molecule has 0 unspecified atom stereocenters. The van der Waals surface area contributed by atoms with Crippen molar-refractivity contribution >= 4 is 10.9 Å². The Hall–Kier alpha value is -0.136. The molecular formula is C13H14NY-. The van der Waals surface area contributed by atoms with Crippen molar-refractivity contribution in [2.75, 3.05) is 0 Å². The Bertz CT molecular complexity index is 511. The number of fused-ring (bicyclic) bond motifs is 3. The van der Waals surface area contributed by atoms with Crippen LogP contribution in [0, 0.1) is 13.0 Å². The van der Waals surface area contributed by atoms with Crippen LogP contribution in [0.2, 0.25) is 0 Å². The van der Waals surface area contributed by atoms with Crippen LogP contribution in [-0.4, -0.2) is 4.57 Å². The third-order valence-electron chi connectivity index (χ3n) is 3.35. The molecule has 1 heterocycles. The zero-order valence-corrected chi connectivity index (χ0v) is 12.1. The topological polar surface area (TPSA) is 4.93 Å². The van der Waals surface area contributed by atoms with Gasteiger partial charge >= 0.3 is 0 Å². The summed E-state index contributed by atoms with van der Waals surface area (Å²) in [6.45, 7) is 2.11. The minimum Gasteiger partial charge on any atom is -0.371 e. The summed E-state index contributed by atoms with van der Waals surface area (Å²) in [5.74, 6) is 0. The molecule has 0 fully saturated rings. The van der Waals surface area contributed by atoms with Gasteiger partial charge in [-0.15, -0.1) is 11.5 Å². The van der Waals surface area contributed by atoms with E-state index in [1.165, 1.54) is 35.7 Å². The van der Waals surface area contributed by atoms with Crippen molar-refractivity contribution in [2.24, 2.45) is 7.05 Å². The molecule has 0 amide bonds. The summed E-state index contributed by atoms with van der Waals surface area (Å²) < 4.78 is 2.36. The van der Waals surface area contributed by atoms with Crippen molar-refractivity contribution in [3.8, 4) is 0 Å². The van der Waals surface area contributed by atoms with Crippen molar-refractivity contribution < 1.29 is 32.7 Å². The van der Waals surface area contributed by atoms with E-state index in [9.17, 15) is 0 Å². The van der Waals surface area contributed by atoms with Gasteiger partial charge in [0.2, 0.25) is 0 Å². The number of rotatable bonds is 0. The van der Waals surface area contributed by atoms with Gasteiger partial charge < -0.3 is 4.57 Å². The number of aryl methyl sites for hydroxylation is 3. The number of nitrogens with zero attached hydrogens (tertiary/aromatic N) is 1. The van der Waals surface area contributed by atoms with Gasteiger partial charge in [-0.05, 0) is 19.3 Å². The first-order valence-electron chi connectivity index (χ1n) is 5.26. The number of aromatic nitrogens is 1. The average molecular weight is 273 g/mol. The summed E-state index contributed by atoms with van der Waals surface area (Å²) in [7, 11) is 2.19. The standard InChI is InChI=1S/C13H14N.Y/c1-9-6-7-11-10-4-3-5-12(10)14(2)13(11)8-9;/h7-8H,3-5H2,1-2H3;/q-1;. The van der Waals surface area contributed by atoms with Crippen LogP contribution in [-0.2, 0) is 52.6 Å². The molecule has 2 aromatic rings. The van der Waals surface area contributed by atoms with Crippen molar-refractivity contribution in [3.63, 3.8) is 0 Å². The zero-order chi connectivity index (χ0) is 9.71. The SMILES string of the molecule is Cc1[c-]cc2c3c(n(C)c2c1)CCC3.[Y]. The van der Waals surface area contributed by atoms with Crippen molar-refractivity contribution in [2.45, 2.75) is 26.2 Å². The Labute approximate surface area is 116 Å². The predicted molar refractivity (Wildman–Crippen MR) is 58.5 cm³/mol. The van der Waals surface area contributed by atoms with Crippen LogP contribution in [0.3, 0.4) is 0 Å². The summed E-state index contributed by atoms with van der Waals surface area (Å²) in [5.41, 5.74) is 5.72. The number of benzene rings is 1. The fourth-order valence-corrected chi connectivity index (χ4v) is 2.64. The van der Waals surface area contributed by atoms with Crippen LogP contribution in [0.25, 0.3) is 10.9 Å². The molecule has 0 spiro atoms. The monoisotopic (exact) mass is 273 g/mol. The summed E-state index contributed by atoms with van der Waals surface area (Å²) in [4.78, 5) is 0. The van der Waals surface area contributed by atoms with E-state index in [0.29, 0.717) is 0 Å². The van der Waals surface area contributed by atoms with Crippen molar-refractivity contribution in [3.05, 3.63) is 35.0 Å². The van der Waals surface area contributed by atoms with E-state index in [-0.39, 0.29) is 32.7 Å². The first-order chi connectivity index (χ1) is 6.77. The minimum atomic E-state index is 0. The summed E-state index contributed by atoms with van der Waals surface area (Å²) in [6.07, 6.45) is 3.82. The smallest absolute Gasteiger partial charge is 0.00919 e. The van der Waals surface area contributed by atoms with Gasteiger partial charge in [-0.1, -0.05) is 18.0 Å². The Morgan fingerprint density at radius 1 is 1.33 bits per heavy atom. The fourth-order valence-electron chi connectivity index (χ4n) is 2.64. The van der Waals surface area contributed by atoms with E-state index in [1.807, 2.05) is 0 Å². The van der Waals surface area contributed by atoms with Crippen LogP contribution < -0.4 is 0 Å². The molecule has 0 saturated carbocycles. The van der Waals surface area contributed by atoms with E-state index in [0.717, 1.165) is 0 Å². The largest absolute Gasteiger partial charge is 0.371 e. The van der Waals surface area contributed by atoms with Gasteiger partial charge in [-0.2, -0.15) is 17.7 Å². The van der Waals surface area contributed by atoms with Crippen LogP contribution >= 0.6 is 0 Å². The van der Waals surface area contributed by atoms with Gasteiger partial charge in [0.05, 0.1) is 0 Å². The Morgan fingerprint density at radius 3 is 2.93 bits per heavy atom. The molecule has 15 heavy (non-hydrogen) atoms. The molecular weight excluding hydrogens is 259 g/mol.